The van der Waals surface area contributed by atoms with Gasteiger partial charge in [0.2, 0.25) is 0 Å². The third-order valence-electron chi connectivity index (χ3n) is 6.57. The SMILES string of the molecule is COc1cc(C(=O)NCC(C)(c2ccccc2)c2ccccc2)ccc1OCC(=O)N1CCOCC1. The molecule has 7 nitrogen and oxygen atoms in total. The van der Waals surface area contributed by atoms with E-state index in [9.17, 15) is 9.59 Å². The highest BCUT2D eigenvalue weighted by Gasteiger charge is 2.29. The van der Waals surface area contributed by atoms with E-state index in [1.54, 1.807) is 23.1 Å². The first-order valence-electron chi connectivity index (χ1n) is 12.1. The molecule has 0 unspecified atom stereocenters. The van der Waals surface area contributed by atoms with E-state index in [0.717, 1.165) is 11.1 Å². The van der Waals surface area contributed by atoms with Gasteiger partial charge in [-0.05, 0) is 36.2 Å². The van der Waals surface area contributed by atoms with Gasteiger partial charge in [-0.2, -0.15) is 0 Å². The zero-order chi connectivity index (χ0) is 25.4. The van der Waals surface area contributed by atoms with Crippen molar-refractivity contribution < 1.29 is 23.8 Å². The van der Waals surface area contributed by atoms with Crippen LogP contribution in [0.1, 0.15) is 28.4 Å². The molecule has 0 spiro atoms. The van der Waals surface area contributed by atoms with Crippen LogP contribution < -0.4 is 14.8 Å². The maximum absolute atomic E-state index is 13.1. The summed E-state index contributed by atoms with van der Waals surface area (Å²) in [5.41, 5.74) is 2.26. The third kappa shape index (κ3) is 5.86. The molecule has 0 atom stereocenters. The van der Waals surface area contributed by atoms with E-state index in [4.69, 9.17) is 14.2 Å². The Morgan fingerprint density at radius 2 is 1.53 bits per heavy atom. The predicted molar refractivity (Wildman–Crippen MR) is 138 cm³/mol. The van der Waals surface area contributed by atoms with Gasteiger partial charge in [0.1, 0.15) is 0 Å². The molecule has 7 heteroatoms. The van der Waals surface area contributed by atoms with E-state index in [2.05, 4.69) is 36.5 Å². The molecule has 3 aromatic carbocycles. The van der Waals surface area contributed by atoms with Crippen LogP contribution in [0, 0.1) is 0 Å². The summed E-state index contributed by atoms with van der Waals surface area (Å²) in [7, 11) is 1.51. The Labute approximate surface area is 212 Å². The minimum atomic E-state index is -0.412. The molecular formula is C29H32N2O5. The summed E-state index contributed by atoms with van der Waals surface area (Å²) in [4.78, 5) is 27.2. The molecule has 1 saturated heterocycles. The first-order valence-corrected chi connectivity index (χ1v) is 12.1. The Kier molecular flexibility index (Phi) is 8.23. The van der Waals surface area contributed by atoms with Gasteiger partial charge in [0.05, 0.1) is 20.3 Å². The number of methoxy groups -OCH3 is 1. The lowest BCUT2D eigenvalue weighted by molar-refractivity contribution is -0.137. The molecule has 36 heavy (non-hydrogen) atoms. The first kappa shape index (κ1) is 25.3. The fourth-order valence-electron chi connectivity index (χ4n) is 4.31. The van der Waals surface area contributed by atoms with Gasteiger partial charge in [-0.15, -0.1) is 0 Å². The lowest BCUT2D eigenvalue weighted by Crippen LogP contribution is -2.43. The minimum absolute atomic E-state index is 0.103. The maximum atomic E-state index is 13.1. The van der Waals surface area contributed by atoms with Crippen LogP contribution in [0.4, 0.5) is 0 Å². The molecule has 0 saturated carbocycles. The maximum Gasteiger partial charge on any atom is 0.260 e. The summed E-state index contributed by atoms with van der Waals surface area (Å²) in [6.45, 7) is 4.62. The average molecular weight is 489 g/mol. The molecule has 0 aromatic heterocycles. The summed E-state index contributed by atoms with van der Waals surface area (Å²) in [6.07, 6.45) is 0. The summed E-state index contributed by atoms with van der Waals surface area (Å²) >= 11 is 0. The average Bonchev–Trinajstić information content (AvgIpc) is 2.95. The van der Waals surface area contributed by atoms with E-state index in [-0.39, 0.29) is 18.4 Å². The lowest BCUT2D eigenvalue weighted by atomic mass is 9.76. The zero-order valence-corrected chi connectivity index (χ0v) is 20.7. The number of morpholine rings is 1. The molecule has 1 heterocycles. The summed E-state index contributed by atoms with van der Waals surface area (Å²) < 4.78 is 16.5. The topological polar surface area (TPSA) is 77.1 Å². The van der Waals surface area contributed by atoms with Crippen molar-refractivity contribution in [1.29, 1.82) is 0 Å². The molecule has 1 fully saturated rings. The van der Waals surface area contributed by atoms with Crippen molar-refractivity contribution in [2.45, 2.75) is 12.3 Å². The van der Waals surface area contributed by atoms with Crippen molar-refractivity contribution in [1.82, 2.24) is 10.2 Å². The molecule has 1 N–H and O–H groups in total. The second kappa shape index (κ2) is 11.7. The Balaban J connectivity index is 1.44. The molecule has 0 bridgehead atoms. The van der Waals surface area contributed by atoms with Crippen LogP contribution in [0.25, 0.3) is 0 Å². The number of carbonyl (C=O) groups excluding carboxylic acids is 2. The minimum Gasteiger partial charge on any atom is -0.493 e. The number of nitrogens with zero attached hydrogens (tertiary/aromatic N) is 1. The molecule has 4 rings (SSSR count). The fraction of sp³-hybridized carbons (Fsp3) is 0.310. The van der Waals surface area contributed by atoms with E-state index < -0.39 is 5.41 Å². The van der Waals surface area contributed by atoms with Crippen LogP contribution in [0.3, 0.4) is 0 Å². The van der Waals surface area contributed by atoms with Gasteiger partial charge in [-0.25, -0.2) is 0 Å². The van der Waals surface area contributed by atoms with Crippen LogP contribution in [-0.2, 0) is 14.9 Å². The third-order valence-corrected chi connectivity index (χ3v) is 6.57. The number of benzene rings is 3. The summed E-state index contributed by atoms with van der Waals surface area (Å²) in [6, 6.07) is 25.3. The smallest absolute Gasteiger partial charge is 0.260 e. The second-order valence-electron chi connectivity index (χ2n) is 8.89. The molecule has 0 aliphatic carbocycles. The number of nitrogens with one attached hydrogen (secondary N) is 1. The van der Waals surface area contributed by atoms with Crippen LogP contribution in [0.5, 0.6) is 11.5 Å². The monoisotopic (exact) mass is 488 g/mol. The van der Waals surface area contributed by atoms with Crippen molar-refractivity contribution in [2.75, 3.05) is 46.6 Å². The number of hydrogen-bond donors (Lipinski definition) is 1. The van der Waals surface area contributed by atoms with E-state index in [0.29, 0.717) is 49.9 Å². The van der Waals surface area contributed by atoms with E-state index >= 15 is 0 Å². The van der Waals surface area contributed by atoms with Crippen LogP contribution in [-0.4, -0.2) is 63.3 Å². The quantitative estimate of drug-likeness (QED) is 0.497. The normalized spacial score (nSPS) is 13.7. The van der Waals surface area contributed by atoms with Gasteiger partial charge in [0, 0.05) is 30.6 Å². The fourth-order valence-corrected chi connectivity index (χ4v) is 4.31. The lowest BCUT2D eigenvalue weighted by Gasteiger charge is -2.31. The highest BCUT2D eigenvalue weighted by atomic mass is 16.5. The van der Waals surface area contributed by atoms with Crippen LogP contribution in [0.2, 0.25) is 0 Å². The van der Waals surface area contributed by atoms with E-state index in [1.165, 1.54) is 7.11 Å². The second-order valence-corrected chi connectivity index (χ2v) is 8.89. The van der Waals surface area contributed by atoms with Gasteiger partial charge in [0.15, 0.2) is 18.1 Å². The standard InChI is InChI=1S/C29H32N2O5/c1-29(23-9-5-3-6-10-23,24-11-7-4-8-12-24)21-30-28(33)22-13-14-25(26(19-22)34-2)36-20-27(32)31-15-17-35-18-16-31/h3-14,19H,15-18,20-21H2,1-2H3,(H,30,33). The number of hydrogen-bond acceptors (Lipinski definition) is 5. The van der Waals surface area contributed by atoms with Gasteiger partial charge in [-0.3, -0.25) is 9.59 Å². The van der Waals surface area contributed by atoms with Gasteiger partial charge in [-0.1, -0.05) is 60.7 Å². The van der Waals surface area contributed by atoms with E-state index in [1.807, 2.05) is 36.4 Å². The highest BCUT2D eigenvalue weighted by molar-refractivity contribution is 5.95. The molecule has 3 aromatic rings. The van der Waals surface area contributed by atoms with Gasteiger partial charge >= 0.3 is 0 Å². The molecule has 1 aliphatic rings. The predicted octanol–water partition coefficient (Wildman–Crippen LogP) is 3.67. The van der Waals surface area contributed by atoms with Crippen molar-refractivity contribution in [3.8, 4) is 11.5 Å². The summed E-state index contributed by atoms with van der Waals surface area (Å²) in [5.74, 6) is 0.478. The Bertz CT molecular complexity index is 1120. The zero-order valence-electron chi connectivity index (χ0n) is 20.7. The Morgan fingerprint density at radius 1 is 0.917 bits per heavy atom. The molecular weight excluding hydrogens is 456 g/mol. The van der Waals surface area contributed by atoms with Crippen molar-refractivity contribution in [2.24, 2.45) is 0 Å². The molecule has 0 radical (unpaired) electrons. The van der Waals surface area contributed by atoms with Crippen molar-refractivity contribution in [3.05, 3.63) is 95.6 Å². The number of carbonyl (C=O) groups is 2. The molecule has 1 aliphatic heterocycles. The van der Waals surface area contributed by atoms with Crippen LogP contribution in [0.15, 0.2) is 78.9 Å². The summed E-state index contributed by atoms with van der Waals surface area (Å²) in [5, 5.41) is 3.09. The van der Waals surface area contributed by atoms with Crippen molar-refractivity contribution >= 4 is 11.8 Å². The van der Waals surface area contributed by atoms with Crippen molar-refractivity contribution in [3.63, 3.8) is 0 Å². The highest BCUT2D eigenvalue weighted by Crippen LogP contribution is 2.32. The Hall–Kier alpha value is -3.84. The Morgan fingerprint density at radius 3 is 2.11 bits per heavy atom. The van der Waals surface area contributed by atoms with Crippen LogP contribution >= 0.6 is 0 Å². The molecule has 2 amide bonds. The number of ether oxygens (including phenoxy) is 3. The number of amides is 2. The molecule has 188 valence electrons. The van der Waals surface area contributed by atoms with Gasteiger partial charge < -0.3 is 24.4 Å². The largest absolute Gasteiger partial charge is 0.493 e. The first-order chi connectivity index (χ1) is 17.5. The number of rotatable bonds is 9. The van der Waals surface area contributed by atoms with Gasteiger partial charge in [0.25, 0.3) is 11.8 Å².